The van der Waals surface area contributed by atoms with E-state index in [1.165, 1.54) is 31.1 Å². The minimum absolute atomic E-state index is 0.0229. The number of carbonyl (C=O) groups is 4. The molecule has 0 aliphatic heterocycles. The van der Waals surface area contributed by atoms with Crippen molar-refractivity contribution < 1.29 is 44.3 Å². The second kappa shape index (κ2) is 8.95. The lowest BCUT2D eigenvalue weighted by molar-refractivity contribution is -0.153. The van der Waals surface area contributed by atoms with E-state index in [2.05, 4.69) is 11.2 Å². The van der Waals surface area contributed by atoms with Crippen molar-refractivity contribution in [1.82, 2.24) is 4.90 Å². The van der Waals surface area contributed by atoms with Gasteiger partial charge in [0.05, 0.1) is 17.3 Å². The number of terminal acetylenes is 1. The molecule has 3 aliphatic rings. The monoisotopic (exact) mass is 511 g/mol. The number of hydrogen-bond donors (Lipinski definition) is 6. The van der Waals surface area contributed by atoms with Gasteiger partial charge in [0, 0.05) is 11.5 Å². The number of nitrogens with zero attached hydrogens (tertiary/aromatic N) is 1. The van der Waals surface area contributed by atoms with Gasteiger partial charge in [-0.3, -0.25) is 24.6 Å². The predicted octanol–water partition coefficient (Wildman–Crippen LogP) is 0.146. The number of nitrogens with one attached hydrogen (secondary N) is 1. The summed E-state index contributed by atoms with van der Waals surface area (Å²) in [6.45, 7) is -0.316. The van der Waals surface area contributed by atoms with Crippen molar-refractivity contribution in [2.45, 2.75) is 24.5 Å². The number of aromatic hydroxyl groups is 1. The number of carbonyl (C=O) groups excluding carboxylic acids is 4. The Labute approximate surface area is 211 Å². The van der Waals surface area contributed by atoms with Crippen molar-refractivity contribution in [3.8, 4) is 18.1 Å². The van der Waals surface area contributed by atoms with Gasteiger partial charge in [-0.15, -0.1) is 6.42 Å². The first-order chi connectivity index (χ1) is 17.4. The molecule has 4 atom stereocenters. The summed E-state index contributed by atoms with van der Waals surface area (Å²) in [7, 11) is 3.04. The summed E-state index contributed by atoms with van der Waals surface area (Å²) in [5.74, 6) is -5.41. The second-order valence-corrected chi connectivity index (χ2v) is 9.36. The molecule has 7 N–H and O–H groups in total. The number of anilines is 1. The van der Waals surface area contributed by atoms with E-state index < -0.39 is 69.9 Å². The predicted molar refractivity (Wildman–Crippen MR) is 128 cm³/mol. The van der Waals surface area contributed by atoms with Crippen molar-refractivity contribution in [2.24, 2.45) is 17.6 Å². The van der Waals surface area contributed by atoms with Crippen LogP contribution in [0.5, 0.6) is 5.75 Å². The largest absolute Gasteiger partial charge is 0.508 e. The smallest absolute Gasteiger partial charge is 0.412 e. The van der Waals surface area contributed by atoms with Crippen LogP contribution in [0.3, 0.4) is 0 Å². The zero-order valence-corrected chi connectivity index (χ0v) is 19.9. The maximum atomic E-state index is 13.7. The average Bonchev–Trinajstić information content (AvgIpc) is 2.81. The molecule has 1 saturated carbocycles. The maximum Gasteiger partial charge on any atom is 0.412 e. The molecule has 0 bridgehead atoms. The number of hydrogen-bond acceptors (Lipinski definition) is 10. The number of phenols is 1. The maximum absolute atomic E-state index is 13.7. The fourth-order valence-electron chi connectivity index (χ4n) is 5.57. The molecule has 0 saturated heterocycles. The van der Waals surface area contributed by atoms with Crippen molar-refractivity contribution in [1.29, 1.82) is 0 Å². The molecule has 2 amide bonds. The van der Waals surface area contributed by atoms with Crippen molar-refractivity contribution in [2.75, 3.05) is 26.0 Å². The van der Waals surface area contributed by atoms with Crippen LogP contribution in [0.4, 0.5) is 10.5 Å². The summed E-state index contributed by atoms with van der Waals surface area (Å²) >= 11 is 0. The molecule has 4 rings (SSSR count). The van der Waals surface area contributed by atoms with E-state index in [0.29, 0.717) is 5.56 Å². The van der Waals surface area contributed by atoms with Gasteiger partial charge in [-0.1, -0.05) is 12.0 Å². The van der Waals surface area contributed by atoms with Gasteiger partial charge >= 0.3 is 6.09 Å². The first kappa shape index (κ1) is 25.7. The molecule has 1 fully saturated rings. The van der Waals surface area contributed by atoms with E-state index in [-0.39, 0.29) is 36.3 Å². The van der Waals surface area contributed by atoms with Crippen LogP contribution in [-0.2, 0) is 25.5 Å². The van der Waals surface area contributed by atoms with Gasteiger partial charge in [-0.25, -0.2) is 4.79 Å². The molecule has 0 heterocycles. The third-order valence-corrected chi connectivity index (χ3v) is 7.12. The molecule has 0 spiro atoms. The van der Waals surface area contributed by atoms with Gasteiger partial charge in [0.2, 0.25) is 5.78 Å². The zero-order chi connectivity index (χ0) is 27.4. The number of aliphatic hydroxyl groups excluding tert-OH is 2. The summed E-state index contributed by atoms with van der Waals surface area (Å²) < 4.78 is 4.71. The summed E-state index contributed by atoms with van der Waals surface area (Å²) in [4.78, 5) is 52.1. The lowest BCUT2D eigenvalue weighted by Crippen LogP contribution is -2.65. The minimum Gasteiger partial charge on any atom is -0.508 e. The van der Waals surface area contributed by atoms with Gasteiger partial charge in [-0.2, -0.15) is 0 Å². The summed E-state index contributed by atoms with van der Waals surface area (Å²) in [5, 5.41) is 46.6. The molecule has 1 aromatic carbocycles. The molecular weight excluding hydrogens is 486 g/mol. The summed E-state index contributed by atoms with van der Waals surface area (Å²) in [6.07, 6.45) is 4.19. The normalized spacial score (nSPS) is 26.7. The first-order valence-electron chi connectivity index (χ1n) is 11.2. The minimum atomic E-state index is -2.73. The van der Waals surface area contributed by atoms with Gasteiger partial charge in [0.15, 0.2) is 18.0 Å². The number of likely N-dealkylation sites (N-methyl/N-ethyl adjacent to an activating group) is 1. The molecule has 12 nitrogen and oxygen atoms in total. The number of ether oxygens (including phenoxy) is 1. The van der Waals surface area contributed by atoms with Crippen LogP contribution >= 0.6 is 0 Å². The Morgan fingerprint density at radius 2 is 1.95 bits per heavy atom. The number of primary amides is 1. The number of aliphatic hydroxyl groups is 3. The van der Waals surface area contributed by atoms with Crippen LogP contribution in [0.15, 0.2) is 29.0 Å². The summed E-state index contributed by atoms with van der Waals surface area (Å²) in [5.41, 5.74) is 1.52. The molecule has 0 radical (unpaired) electrons. The van der Waals surface area contributed by atoms with E-state index in [1.807, 2.05) is 0 Å². The Hall–Kier alpha value is -4.34. The number of fused-ring (bicyclic) bond motifs is 3. The standard InChI is InChI=1S/C25H25N3O9/c1-4-7-37-24(35)27-13-6-5-10-8-11-9-12-17(28(2)3)20(31)16(23(26)34)22(33)25(12,36)21(32)15(11)19(30)14(10)18(13)29/h1,5-6,11-12,17,29-30,33,36H,7-9H2,2-3H3,(H2,26,34)(H,27,35). The molecule has 1 aromatic rings. The highest BCUT2D eigenvalue weighted by Crippen LogP contribution is 2.53. The topological polar surface area (TPSA) is 200 Å². The number of benzene rings is 1. The van der Waals surface area contributed by atoms with E-state index in [0.717, 1.165) is 0 Å². The fraction of sp³-hybridized carbons (Fsp3) is 0.360. The van der Waals surface area contributed by atoms with Gasteiger partial charge in [0.1, 0.15) is 22.8 Å². The van der Waals surface area contributed by atoms with E-state index in [1.54, 1.807) is 0 Å². The van der Waals surface area contributed by atoms with E-state index in [4.69, 9.17) is 16.9 Å². The van der Waals surface area contributed by atoms with E-state index in [9.17, 15) is 39.6 Å². The molecular formula is C25H25N3O9. The van der Waals surface area contributed by atoms with Crippen LogP contribution in [-0.4, -0.2) is 81.2 Å². The number of phenolic OH excluding ortho intramolecular Hbond substituents is 1. The number of rotatable bonds is 4. The molecule has 3 aliphatic carbocycles. The highest BCUT2D eigenvalue weighted by Gasteiger charge is 2.64. The second-order valence-electron chi connectivity index (χ2n) is 9.36. The van der Waals surface area contributed by atoms with Gasteiger partial charge in [0.25, 0.3) is 5.91 Å². The van der Waals surface area contributed by atoms with Crippen molar-refractivity contribution >= 4 is 35.0 Å². The first-order valence-corrected chi connectivity index (χ1v) is 11.2. The number of amides is 2. The number of ketones is 2. The highest BCUT2D eigenvalue weighted by atomic mass is 16.5. The quantitative estimate of drug-likeness (QED) is 0.184. The number of Topliss-reactive ketones (excluding diaryl/α,β-unsaturated/α-hetero) is 2. The summed E-state index contributed by atoms with van der Waals surface area (Å²) in [6, 6.07) is 1.75. The van der Waals surface area contributed by atoms with Crippen LogP contribution in [0.2, 0.25) is 0 Å². The molecule has 4 unspecified atom stereocenters. The average molecular weight is 511 g/mol. The third kappa shape index (κ3) is 3.71. The Morgan fingerprint density at radius 1 is 1.27 bits per heavy atom. The Morgan fingerprint density at radius 3 is 2.54 bits per heavy atom. The fourth-order valence-corrected chi connectivity index (χ4v) is 5.57. The van der Waals surface area contributed by atoms with Gasteiger partial charge < -0.3 is 30.9 Å². The SMILES string of the molecule is C#CCOC(=O)Nc1ccc2c(c1O)C(O)=C1C(=O)C3(O)C(O)=C(C(N)=O)C(=O)C(N(C)C)C3CC1C2. The van der Waals surface area contributed by atoms with Crippen LogP contribution in [0.1, 0.15) is 17.5 Å². The van der Waals surface area contributed by atoms with Crippen LogP contribution in [0.25, 0.3) is 5.76 Å². The third-order valence-electron chi connectivity index (χ3n) is 7.12. The highest BCUT2D eigenvalue weighted by molar-refractivity contribution is 6.24. The Kier molecular flexibility index (Phi) is 6.23. The lowest BCUT2D eigenvalue weighted by Gasteiger charge is -2.50. The van der Waals surface area contributed by atoms with Crippen molar-refractivity contribution in [3.63, 3.8) is 0 Å². The lowest BCUT2D eigenvalue weighted by atomic mass is 9.57. The van der Waals surface area contributed by atoms with Crippen LogP contribution in [0, 0.1) is 24.2 Å². The van der Waals surface area contributed by atoms with Gasteiger partial charge in [-0.05, 0) is 44.5 Å². The zero-order valence-electron chi connectivity index (χ0n) is 19.9. The van der Waals surface area contributed by atoms with E-state index >= 15 is 0 Å². The Balaban J connectivity index is 1.85. The number of nitrogens with two attached hydrogens (primary N) is 1. The van der Waals surface area contributed by atoms with Crippen molar-refractivity contribution in [3.05, 3.63) is 40.2 Å². The van der Waals surface area contributed by atoms with Crippen LogP contribution < -0.4 is 11.1 Å². The molecule has 0 aromatic heterocycles. The Bertz CT molecular complexity index is 1350. The molecule has 12 heteroatoms. The molecule has 37 heavy (non-hydrogen) atoms. The molecule has 194 valence electrons.